The molecule has 21 heavy (non-hydrogen) atoms. The topological polar surface area (TPSA) is 61.0 Å². The number of halogens is 1. The standard InChI is InChI=1S/C15H12ClN3O2/c1-10-5-18-14(6-17-10)13-3-2-11(16)4-15(13)21-8-12-7-20-9-19-12/h2-7,9H,8H2,1H3. The summed E-state index contributed by atoms with van der Waals surface area (Å²) in [6.45, 7) is 2.18. The fourth-order valence-corrected chi connectivity index (χ4v) is 1.98. The quantitative estimate of drug-likeness (QED) is 0.735. The molecule has 0 aliphatic heterocycles. The highest BCUT2D eigenvalue weighted by molar-refractivity contribution is 6.30. The molecule has 0 bridgehead atoms. The van der Waals surface area contributed by atoms with Crippen LogP contribution in [-0.4, -0.2) is 15.0 Å². The third-order valence-corrected chi connectivity index (χ3v) is 3.09. The van der Waals surface area contributed by atoms with Crippen molar-refractivity contribution in [2.24, 2.45) is 0 Å². The summed E-state index contributed by atoms with van der Waals surface area (Å²) >= 11 is 6.04. The zero-order valence-electron chi connectivity index (χ0n) is 11.3. The van der Waals surface area contributed by atoms with Crippen LogP contribution in [0.1, 0.15) is 11.4 Å². The van der Waals surface area contributed by atoms with Crippen molar-refractivity contribution in [1.82, 2.24) is 15.0 Å². The second-order valence-corrected chi connectivity index (χ2v) is 4.89. The summed E-state index contributed by atoms with van der Waals surface area (Å²) in [5, 5.41) is 0.592. The second-order valence-electron chi connectivity index (χ2n) is 4.45. The zero-order chi connectivity index (χ0) is 14.7. The first-order valence-electron chi connectivity index (χ1n) is 6.31. The maximum absolute atomic E-state index is 6.04. The average molecular weight is 302 g/mol. The minimum Gasteiger partial charge on any atom is -0.486 e. The summed E-state index contributed by atoms with van der Waals surface area (Å²) in [5.74, 6) is 0.628. The Morgan fingerprint density at radius 2 is 2.10 bits per heavy atom. The molecule has 0 aliphatic rings. The Hall–Kier alpha value is -2.40. The number of aromatic nitrogens is 3. The lowest BCUT2D eigenvalue weighted by molar-refractivity contribution is 0.302. The van der Waals surface area contributed by atoms with Gasteiger partial charge in [-0.25, -0.2) is 4.98 Å². The lowest BCUT2D eigenvalue weighted by atomic mass is 10.1. The van der Waals surface area contributed by atoms with Gasteiger partial charge in [0.05, 0.1) is 17.6 Å². The van der Waals surface area contributed by atoms with Gasteiger partial charge in [-0.3, -0.25) is 9.97 Å². The van der Waals surface area contributed by atoms with Gasteiger partial charge in [0.15, 0.2) is 6.39 Å². The molecule has 0 radical (unpaired) electrons. The molecule has 106 valence electrons. The number of hydrogen-bond donors (Lipinski definition) is 0. The third-order valence-electron chi connectivity index (χ3n) is 2.86. The monoisotopic (exact) mass is 301 g/mol. The van der Waals surface area contributed by atoms with Crippen LogP contribution in [-0.2, 0) is 6.61 Å². The highest BCUT2D eigenvalue weighted by Gasteiger charge is 2.10. The van der Waals surface area contributed by atoms with Gasteiger partial charge in [-0.15, -0.1) is 0 Å². The molecule has 0 N–H and O–H groups in total. The minimum atomic E-state index is 0.295. The van der Waals surface area contributed by atoms with Crippen molar-refractivity contribution < 1.29 is 9.15 Å². The Kier molecular flexibility index (Phi) is 3.83. The molecule has 3 aromatic rings. The predicted molar refractivity (Wildman–Crippen MR) is 78.1 cm³/mol. The van der Waals surface area contributed by atoms with E-state index < -0.39 is 0 Å². The lowest BCUT2D eigenvalue weighted by Crippen LogP contribution is -1.98. The van der Waals surface area contributed by atoms with Crippen LogP contribution in [0.5, 0.6) is 5.75 Å². The fourth-order valence-electron chi connectivity index (χ4n) is 1.82. The van der Waals surface area contributed by atoms with E-state index in [1.165, 1.54) is 12.7 Å². The molecule has 0 saturated heterocycles. The number of rotatable bonds is 4. The number of hydrogen-bond acceptors (Lipinski definition) is 5. The Bertz CT molecular complexity index is 727. The Balaban J connectivity index is 1.91. The van der Waals surface area contributed by atoms with Crippen molar-refractivity contribution in [3.63, 3.8) is 0 Å². The van der Waals surface area contributed by atoms with Crippen LogP contribution in [0, 0.1) is 6.92 Å². The summed E-state index contributed by atoms with van der Waals surface area (Å²) in [4.78, 5) is 12.6. The molecule has 0 atom stereocenters. The van der Waals surface area contributed by atoms with E-state index in [9.17, 15) is 0 Å². The van der Waals surface area contributed by atoms with Gasteiger partial charge in [-0.2, -0.15) is 0 Å². The fraction of sp³-hybridized carbons (Fsp3) is 0.133. The van der Waals surface area contributed by atoms with Crippen LogP contribution < -0.4 is 4.74 Å². The summed E-state index contributed by atoms with van der Waals surface area (Å²) < 4.78 is 10.7. The van der Waals surface area contributed by atoms with Gasteiger partial charge in [0.1, 0.15) is 24.3 Å². The van der Waals surface area contributed by atoms with Gasteiger partial charge in [-0.05, 0) is 25.1 Å². The van der Waals surface area contributed by atoms with Crippen molar-refractivity contribution in [2.45, 2.75) is 13.5 Å². The van der Waals surface area contributed by atoms with E-state index in [0.29, 0.717) is 23.1 Å². The molecule has 0 amide bonds. The second kappa shape index (κ2) is 5.93. The van der Waals surface area contributed by atoms with Crippen molar-refractivity contribution >= 4 is 11.6 Å². The third kappa shape index (κ3) is 3.20. The average Bonchev–Trinajstić information content (AvgIpc) is 3.00. The Labute approximate surface area is 126 Å². The van der Waals surface area contributed by atoms with E-state index >= 15 is 0 Å². The van der Waals surface area contributed by atoms with Crippen LogP contribution in [0.25, 0.3) is 11.3 Å². The number of benzene rings is 1. The van der Waals surface area contributed by atoms with E-state index in [-0.39, 0.29) is 0 Å². The number of ether oxygens (including phenoxy) is 1. The highest BCUT2D eigenvalue weighted by atomic mass is 35.5. The zero-order valence-corrected chi connectivity index (χ0v) is 12.0. The van der Waals surface area contributed by atoms with Crippen molar-refractivity contribution in [3.8, 4) is 17.0 Å². The Morgan fingerprint density at radius 1 is 1.19 bits per heavy atom. The highest BCUT2D eigenvalue weighted by Crippen LogP contribution is 2.31. The van der Waals surface area contributed by atoms with E-state index in [0.717, 1.165) is 17.0 Å². The summed E-state index contributed by atoms with van der Waals surface area (Å²) in [6.07, 6.45) is 6.33. The molecule has 0 unspecified atom stereocenters. The SMILES string of the molecule is Cc1cnc(-c2ccc(Cl)cc2OCc2cocn2)cn1. The minimum absolute atomic E-state index is 0.295. The molecular weight excluding hydrogens is 290 g/mol. The van der Waals surface area contributed by atoms with Crippen LogP contribution in [0.3, 0.4) is 0 Å². The van der Waals surface area contributed by atoms with E-state index in [2.05, 4.69) is 15.0 Å². The van der Waals surface area contributed by atoms with E-state index in [4.69, 9.17) is 20.8 Å². The molecule has 2 heterocycles. The van der Waals surface area contributed by atoms with Crippen LogP contribution in [0.4, 0.5) is 0 Å². The molecule has 0 aliphatic carbocycles. The first kappa shape index (κ1) is 13.6. The van der Waals surface area contributed by atoms with Crippen molar-refractivity contribution in [1.29, 1.82) is 0 Å². The molecule has 2 aromatic heterocycles. The molecule has 3 rings (SSSR count). The summed E-state index contributed by atoms with van der Waals surface area (Å²) in [6, 6.07) is 5.40. The van der Waals surface area contributed by atoms with Gasteiger partial charge in [-0.1, -0.05) is 11.6 Å². The largest absolute Gasteiger partial charge is 0.486 e. The van der Waals surface area contributed by atoms with Crippen molar-refractivity contribution in [3.05, 3.63) is 59.7 Å². The normalized spacial score (nSPS) is 10.6. The number of oxazole rings is 1. The van der Waals surface area contributed by atoms with Gasteiger partial charge < -0.3 is 9.15 Å². The molecule has 1 aromatic carbocycles. The molecular formula is C15H12ClN3O2. The molecule has 6 heteroatoms. The van der Waals surface area contributed by atoms with Crippen LogP contribution in [0.15, 0.2) is 47.7 Å². The first-order valence-corrected chi connectivity index (χ1v) is 6.68. The summed E-state index contributed by atoms with van der Waals surface area (Å²) in [5.41, 5.74) is 3.12. The van der Waals surface area contributed by atoms with Crippen LogP contribution >= 0.6 is 11.6 Å². The van der Waals surface area contributed by atoms with E-state index in [1.807, 2.05) is 13.0 Å². The Morgan fingerprint density at radius 3 is 2.81 bits per heavy atom. The van der Waals surface area contributed by atoms with E-state index in [1.54, 1.807) is 24.5 Å². The molecule has 0 saturated carbocycles. The van der Waals surface area contributed by atoms with Crippen molar-refractivity contribution in [2.75, 3.05) is 0 Å². The lowest BCUT2D eigenvalue weighted by Gasteiger charge is -2.10. The van der Waals surface area contributed by atoms with Gasteiger partial charge in [0, 0.05) is 16.8 Å². The summed E-state index contributed by atoms with van der Waals surface area (Å²) in [7, 11) is 0. The molecule has 0 fully saturated rings. The predicted octanol–water partition coefficient (Wildman–Crippen LogP) is 3.67. The van der Waals surface area contributed by atoms with Gasteiger partial charge in [0.2, 0.25) is 0 Å². The van der Waals surface area contributed by atoms with Gasteiger partial charge >= 0.3 is 0 Å². The van der Waals surface area contributed by atoms with Gasteiger partial charge in [0.25, 0.3) is 0 Å². The first-order chi connectivity index (χ1) is 10.2. The maximum Gasteiger partial charge on any atom is 0.180 e. The maximum atomic E-state index is 6.04. The number of nitrogens with zero attached hydrogens (tertiary/aromatic N) is 3. The number of aryl methyl sites for hydroxylation is 1. The smallest absolute Gasteiger partial charge is 0.180 e. The van der Waals surface area contributed by atoms with Crippen LogP contribution in [0.2, 0.25) is 5.02 Å². The molecule has 0 spiro atoms. The molecule has 5 nitrogen and oxygen atoms in total.